The van der Waals surface area contributed by atoms with Crippen LogP contribution in [0.25, 0.3) is 0 Å². The summed E-state index contributed by atoms with van der Waals surface area (Å²) in [5.41, 5.74) is 2.20. The highest BCUT2D eigenvalue weighted by Crippen LogP contribution is 2.13. The molecule has 2 amide bonds. The molecule has 0 spiro atoms. The zero-order valence-electron chi connectivity index (χ0n) is 14.3. The van der Waals surface area contributed by atoms with Crippen molar-refractivity contribution in [3.05, 3.63) is 35.4 Å². The van der Waals surface area contributed by atoms with Gasteiger partial charge in [0.1, 0.15) is 6.04 Å². The number of benzene rings is 1. The summed E-state index contributed by atoms with van der Waals surface area (Å²) in [6.07, 6.45) is 1.24. The Balaban J connectivity index is 2.92. The van der Waals surface area contributed by atoms with Gasteiger partial charge < -0.3 is 10.2 Å². The Morgan fingerprint density at radius 3 is 2.45 bits per heavy atom. The molecule has 1 aromatic rings. The predicted octanol–water partition coefficient (Wildman–Crippen LogP) is 3.04. The second-order valence-corrected chi connectivity index (χ2v) is 6.10. The fourth-order valence-electron chi connectivity index (χ4n) is 2.35. The SMILES string of the molecule is CCCC(=O)N(Cc1cccc(C)c1)C(C)C(=O)NC(C)C. The minimum atomic E-state index is -0.470. The van der Waals surface area contributed by atoms with Crippen LogP contribution in [0.15, 0.2) is 24.3 Å². The Kier molecular flexibility index (Phi) is 7.09. The van der Waals surface area contributed by atoms with Gasteiger partial charge >= 0.3 is 0 Å². The van der Waals surface area contributed by atoms with Gasteiger partial charge in [0.2, 0.25) is 11.8 Å². The molecule has 4 nitrogen and oxygen atoms in total. The van der Waals surface area contributed by atoms with Gasteiger partial charge in [-0.3, -0.25) is 9.59 Å². The average molecular weight is 304 g/mol. The molecule has 0 heterocycles. The van der Waals surface area contributed by atoms with E-state index in [4.69, 9.17) is 0 Å². The second-order valence-electron chi connectivity index (χ2n) is 6.10. The van der Waals surface area contributed by atoms with Crippen LogP contribution in [0.2, 0.25) is 0 Å². The summed E-state index contributed by atoms with van der Waals surface area (Å²) >= 11 is 0. The molecule has 22 heavy (non-hydrogen) atoms. The molecule has 1 rings (SSSR count). The largest absolute Gasteiger partial charge is 0.352 e. The molecule has 1 aromatic carbocycles. The summed E-state index contributed by atoms with van der Waals surface area (Å²) in [6.45, 7) is 10.1. The Morgan fingerprint density at radius 2 is 1.91 bits per heavy atom. The van der Waals surface area contributed by atoms with Crippen LogP contribution in [-0.4, -0.2) is 28.8 Å². The van der Waals surface area contributed by atoms with Crippen molar-refractivity contribution in [3.63, 3.8) is 0 Å². The molecular weight excluding hydrogens is 276 g/mol. The molecule has 122 valence electrons. The van der Waals surface area contributed by atoms with Crippen molar-refractivity contribution in [2.75, 3.05) is 0 Å². The molecule has 0 saturated heterocycles. The standard InChI is InChI=1S/C18H28N2O2/c1-6-8-17(21)20(15(5)18(22)19-13(2)3)12-16-10-7-9-14(4)11-16/h7,9-11,13,15H,6,8,12H2,1-5H3,(H,19,22). The summed E-state index contributed by atoms with van der Waals surface area (Å²) in [6, 6.07) is 7.65. The van der Waals surface area contributed by atoms with Crippen molar-refractivity contribution < 1.29 is 9.59 Å². The fraction of sp³-hybridized carbons (Fsp3) is 0.556. The lowest BCUT2D eigenvalue weighted by Crippen LogP contribution is -2.49. The highest BCUT2D eigenvalue weighted by atomic mass is 16.2. The maximum atomic E-state index is 12.4. The van der Waals surface area contributed by atoms with Gasteiger partial charge in [-0.05, 0) is 39.7 Å². The summed E-state index contributed by atoms with van der Waals surface area (Å²) in [5.74, 6) is -0.0810. The molecule has 0 aliphatic carbocycles. The molecule has 0 saturated carbocycles. The number of rotatable bonds is 7. The van der Waals surface area contributed by atoms with Crippen LogP contribution in [0.5, 0.6) is 0 Å². The van der Waals surface area contributed by atoms with Crippen LogP contribution >= 0.6 is 0 Å². The number of amides is 2. The number of nitrogens with one attached hydrogen (secondary N) is 1. The summed E-state index contributed by atoms with van der Waals surface area (Å²) in [5, 5.41) is 2.88. The molecule has 1 N–H and O–H groups in total. The van der Waals surface area contributed by atoms with Crippen LogP contribution in [0.4, 0.5) is 0 Å². The number of carbonyl (C=O) groups excluding carboxylic acids is 2. The van der Waals surface area contributed by atoms with Gasteiger partial charge in [0.25, 0.3) is 0 Å². The lowest BCUT2D eigenvalue weighted by Gasteiger charge is -2.29. The molecule has 1 unspecified atom stereocenters. The zero-order chi connectivity index (χ0) is 16.7. The molecule has 1 atom stereocenters. The van der Waals surface area contributed by atoms with E-state index >= 15 is 0 Å². The van der Waals surface area contributed by atoms with Gasteiger partial charge in [-0.1, -0.05) is 36.8 Å². The van der Waals surface area contributed by atoms with Gasteiger partial charge in [0, 0.05) is 19.0 Å². The van der Waals surface area contributed by atoms with E-state index in [-0.39, 0.29) is 17.9 Å². The minimum Gasteiger partial charge on any atom is -0.352 e. The summed E-state index contributed by atoms with van der Waals surface area (Å²) < 4.78 is 0. The van der Waals surface area contributed by atoms with E-state index in [0.717, 1.165) is 17.5 Å². The van der Waals surface area contributed by atoms with Gasteiger partial charge in [-0.15, -0.1) is 0 Å². The third-order valence-corrected chi connectivity index (χ3v) is 3.50. The third kappa shape index (κ3) is 5.51. The summed E-state index contributed by atoms with van der Waals surface area (Å²) in [4.78, 5) is 26.3. The van der Waals surface area contributed by atoms with Gasteiger partial charge in [0.15, 0.2) is 0 Å². The first-order valence-corrected chi connectivity index (χ1v) is 8.00. The normalized spacial score (nSPS) is 12.1. The highest BCUT2D eigenvalue weighted by Gasteiger charge is 2.25. The van der Waals surface area contributed by atoms with Crippen molar-refractivity contribution >= 4 is 11.8 Å². The topological polar surface area (TPSA) is 49.4 Å². The third-order valence-electron chi connectivity index (χ3n) is 3.50. The molecule has 0 aromatic heterocycles. The first-order valence-electron chi connectivity index (χ1n) is 8.00. The maximum Gasteiger partial charge on any atom is 0.242 e. The van der Waals surface area contributed by atoms with E-state index in [1.54, 1.807) is 11.8 Å². The number of nitrogens with zero attached hydrogens (tertiary/aromatic N) is 1. The highest BCUT2D eigenvalue weighted by molar-refractivity contribution is 5.87. The van der Waals surface area contributed by atoms with Crippen LogP contribution in [0.1, 0.15) is 51.7 Å². The smallest absolute Gasteiger partial charge is 0.242 e. The van der Waals surface area contributed by atoms with Crippen LogP contribution in [-0.2, 0) is 16.1 Å². The lowest BCUT2D eigenvalue weighted by atomic mass is 10.1. The van der Waals surface area contributed by atoms with E-state index in [0.29, 0.717) is 13.0 Å². The molecular formula is C18H28N2O2. The van der Waals surface area contributed by atoms with E-state index < -0.39 is 6.04 Å². The average Bonchev–Trinajstić information content (AvgIpc) is 2.43. The Labute approximate surface area is 133 Å². The predicted molar refractivity (Wildman–Crippen MR) is 89.4 cm³/mol. The summed E-state index contributed by atoms with van der Waals surface area (Å²) in [7, 11) is 0. The number of carbonyl (C=O) groups is 2. The van der Waals surface area contributed by atoms with Crippen LogP contribution in [0.3, 0.4) is 0 Å². The van der Waals surface area contributed by atoms with E-state index in [1.165, 1.54) is 0 Å². The van der Waals surface area contributed by atoms with Gasteiger partial charge in [-0.25, -0.2) is 0 Å². The first-order chi connectivity index (χ1) is 10.3. The molecule has 0 aliphatic heterocycles. The quantitative estimate of drug-likeness (QED) is 0.841. The monoisotopic (exact) mass is 304 g/mol. The van der Waals surface area contributed by atoms with E-state index in [1.807, 2.05) is 45.9 Å². The molecule has 0 radical (unpaired) electrons. The number of hydrogen-bond acceptors (Lipinski definition) is 2. The fourth-order valence-corrected chi connectivity index (χ4v) is 2.35. The Morgan fingerprint density at radius 1 is 1.23 bits per heavy atom. The van der Waals surface area contributed by atoms with Crippen molar-refractivity contribution in [1.82, 2.24) is 10.2 Å². The molecule has 0 aliphatic rings. The number of hydrogen-bond donors (Lipinski definition) is 1. The van der Waals surface area contributed by atoms with Crippen LogP contribution < -0.4 is 5.32 Å². The molecule has 0 fully saturated rings. The van der Waals surface area contributed by atoms with Crippen molar-refractivity contribution in [2.24, 2.45) is 0 Å². The van der Waals surface area contributed by atoms with E-state index in [9.17, 15) is 9.59 Å². The zero-order valence-corrected chi connectivity index (χ0v) is 14.3. The van der Waals surface area contributed by atoms with Crippen LogP contribution in [0, 0.1) is 6.92 Å². The number of aryl methyl sites for hydroxylation is 1. The van der Waals surface area contributed by atoms with Gasteiger partial charge in [-0.2, -0.15) is 0 Å². The van der Waals surface area contributed by atoms with Crippen molar-refractivity contribution in [3.8, 4) is 0 Å². The van der Waals surface area contributed by atoms with E-state index in [2.05, 4.69) is 11.4 Å². The van der Waals surface area contributed by atoms with Crippen molar-refractivity contribution in [2.45, 2.75) is 66.1 Å². The maximum absolute atomic E-state index is 12.4. The Bertz CT molecular complexity index is 512. The van der Waals surface area contributed by atoms with Crippen molar-refractivity contribution in [1.29, 1.82) is 0 Å². The molecule has 4 heteroatoms. The first kappa shape index (κ1) is 18.2. The minimum absolute atomic E-state index is 0.0235. The second kappa shape index (κ2) is 8.57. The Hall–Kier alpha value is -1.84. The lowest BCUT2D eigenvalue weighted by molar-refractivity contribution is -0.140. The van der Waals surface area contributed by atoms with Gasteiger partial charge in [0.05, 0.1) is 0 Å². The molecule has 0 bridgehead atoms.